The van der Waals surface area contributed by atoms with Gasteiger partial charge < -0.3 is 25.8 Å². The minimum Gasteiger partial charge on any atom is -0.477 e. The van der Waals surface area contributed by atoms with Crippen LogP contribution in [0.4, 0.5) is 4.79 Å². The third kappa shape index (κ3) is 6.27. The summed E-state index contributed by atoms with van der Waals surface area (Å²) in [5.41, 5.74) is 4.97. The predicted octanol–water partition coefficient (Wildman–Crippen LogP) is 3.32. The summed E-state index contributed by atoms with van der Waals surface area (Å²) in [5, 5.41) is 10.5. The van der Waals surface area contributed by atoms with E-state index in [-0.39, 0.29) is 41.0 Å². The van der Waals surface area contributed by atoms with E-state index in [2.05, 4.69) is 15.7 Å². The normalized spacial score (nSPS) is 28.5. The number of ether oxygens (including phenoxy) is 2. The van der Waals surface area contributed by atoms with E-state index in [0.717, 1.165) is 32.1 Å². The fourth-order valence-corrected chi connectivity index (χ4v) is 6.44. The number of primary amides is 1. The lowest BCUT2D eigenvalue weighted by atomic mass is 9.52. The van der Waals surface area contributed by atoms with Gasteiger partial charge in [-0.3, -0.25) is 9.59 Å². The Morgan fingerprint density at radius 3 is 2.51 bits per heavy atom. The van der Waals surface area contributed by atoms with Crippen LogP contribution < -0.4 is 21.1 Å². The van der Waals surface area contributed by atoms with E-state index in [9.17, 15) is 14.4 Å². The molecule has 4 N–H and O–H groups in total. The Bertz CT molecular complexity index is 1050. The van der Waals surface area contributed by atoms with Crippen molar-refractivity contribution in [2.24, 2.45) is 34.8 Å². The van der Waals surface area contributed by atoms with Crippen LogP contribution in [0.5, 0.6) is 5.88 Å². The van der Waals surface area contributed by atoms with Gasteiger partial charge in [-0.25, -0.2) is 9.48 Å². The summed E-state index contributed by atoms with van der Waals surface area (Å²) in [5.74, 6) is 1.37. The van der Waals surface area contributed by atoms with Crippen molar-refractivity contribution in [3.63, 3.8) is 0 Å². The number of carbonyl (C=O) groups is 3. The molecule has 2 atom stereocenters. The highest BCUT2D eigenvalue weighted by molar-refractivity contribution is 5.96. The molecule has 4 aliphatic rings. The van der Waals surface area contributed by atoms with Gasteiger partial charge in [-0.05, 0) is 55.8 Å². The van der Waals surface area contributed by atoms with Crippen molar-refractivity contribution in [3.8, 4) is 5.88 Å². The highest BCUT2D eigenvalue weighted by atomic mass is 16.6. The Hall–Kier alpha value is -3.04. The number of nitrogens with two attached hydrogens (primary N) is 1. The van der Waals surface area contributed by atoms with Crippen LogP contribution in [0.3, 0.4) is 0 Å². The van der Waals surface area contributed by atoms with Crippen LogP contribution in [-0.4, -0.2) is 52.5 Å². The van der Waals surface area contributed by atoms with E-state index in [1.54, 1.807) is 17.1 Å². The zero-order valence-electron chi connectivity index (χ0n) is 22.6. The molecule has 0 aliphatic heterocycles. The third-order valence-electron chi connectivity index (χ3n) is 7.84. The topological polar surface area (TPSA) is 138 Å². The smallest absolute Gasteiger partial charge is 0.405 e. The minimum absolute atomic E-state index is 0.0158. The van der Waals surface area contributed by atoms with E-state index in [1.165, 1.54) is 6.92 Å². The number of hydrogen-bond acceptors (Lipinski definition) is 6. The summed E-state index contributed by atoms with van der Waals surface area (Å²) in [6, 6.07) is 0.0158. The van der Waals surface area contributed by atoms with Crippen molar-refractivity contribution in [1.82, 2.24) is 20.4 Å². The number of hydrogen-bond donors (Lipinski definition) is 3. The van der Waals surface area contributed by atoms with Crippen molar-refractivity contribution in [2.75, 3.05) is 13.2 Å². The molecule has 4 fully saturated rings. The van der Waals surface area contributed by atoms with Crippen LogP contribution >= 0.6 is 0 Å². The summed E-state index contributed by atoms with van der Waals surface area (Å²) in [6.07, 6.45) is 8.93. The molecule has 0 saturated heterocycles. The zero-order chi connectivity index (χ0) is 27.0. The average Bonchev–Trinajstić information content (AvgIpc) is 3.19. The molecular formula is C27H41N5O5. The molecule has 204 valence electrons. The first-order chi connectivity index (χ1) is 17.4. The van der Waals surface area contributed by atoms with Gasteiger partial charge in [0.25, 0.3) is 5.91 Å². The molecule has 0 aromatic carbocycles. The monoisotopic (exact) mass is 515 g/mol. The number of nitrogens with zero attached hydrogens (tertiary/aromatic N) is 2. The van der Waals surface area contributed by atoms with Crippen LogP contribution in [0, 0.1) is 29.1 Å². The van der Waals surface area contributed by atoms with Crippen LogP contribution in [-0.2, 0) is 9.53 Å². The molecule has 4 bridgehead atoms. The van der Waals surface area contributed by atoms with E-state index >= 15 is 0 Å². The van der Waals surface area contributed by atoms with Crippen LogP contribution in [0.15, 0.2) is 12.3 Å². The van der Waals surface area contributed by atoms with E-state index < -0.39 is 11.7 Å². The van der Waals surface area contributed by atoms with Crippen molar-refractivity contribution < 1.29 is 23.9 Å². The Balaban J connectivity index is 1.50. The van der Waals surface area contributed by atoms with Crippen molar-refractivity contribution >= 4 is 24.1 Å². The van der Waals surface area contributed by atoms with Crippen molar-refractivity contribution in [1.29, 1.82) is 0 Å². The second-order valence-electron chi connectivity index (χ2n) is 12.3. The molecule has 0 radical (unpaired) electrons. The van der Waals surface area contributed by atoms with Crippen LogP contribution in [0.25, 0.3) is 6.20 Å². The Morgan fingerprint density at radius 2 is 1.92 bits per heavy atom. The molecule has 2 unspecified atom stereocenters. The SMILES string of the molecule is CC(=O)NCC(C)(C)/C=C/n1ncc(C(=O)NC2C3CC4CC2CC(OC(N)=O)(C4)C3)c1OCC(C)C. The first-order valence-electron chi connectivity index (χ1n) is 13.3. The average molecular weight is 516 g/mol. The molecule has 10 heteroatoms. The van der Waals surface area contributed by atoms with Crippen molar-refractivity contribution in [3.05, 3.63) is 17.8 Å². The quantitative estimate of drug-likeness (QED) is 0.437. The van der Waals surface area contributed by atoms with Gasteiger partial charge in [0.15, 0.2) is 0 Å². The van der Waals surface area contributed by atoms with Gasteiger partial charge in [-0.1, -0.05) is 33.8 Å². The fourth-order valence-electron chi connectivity index (χ4n) is 6.44. The van der Waals surface area contributed by atoms with Crippen LogP contribution in [0.2, 0.25) is 0 Å². The third-order valence-corrected chi connectivity index (χ3v) is 7.84. The highest BCUT2D eigenvalue weighted by Crippen LogP contribution is 2.57. The van der Waals surface area contributed by atoms with Crippen molar-refractivity contribution in [2.45, 2.75) is 78.4 Å². The lowest BCUT2D eigenvalue weighted by molar-refractivity contribution is -0.137. The Kier molecular flexibility index (Phi) is 7.57. The molecular weight excluding hydrogens is 474 g/mol. The molecule has 1 heterocycles. The molecule has 4 aliphatic carbocycles. The minimum atomic E-state index is -0.713. The molecule has 0 spiro atoms. The number of nitrogens with one attached hydrogen (secondary N) is 2. The molecule has 37 heavy (non-hydrogen) atoms. The highest BCUT2D eigenvalue weighted by Gasteiger charge is 2.57. The van der Waals surface area contributed by atoms with E-state index in [4.69, 9.17) is 15.2 Å². The number of amides is 3. The Labute approximate surface area is 218 Å². The lowest BCUT2D eigenvalue weighted by Gasteiger charge is -2.58. The van der Waals surface area contributed by atoms with E-state index in [0.29, 0.717) is 30.5 Å². The first-order valence-corrected chi connectivity index (χ1v) is 13.3. The van der Waals surface area contributed by atoms with Gasteiger partial charge in [0.1, 0.15) is 11.2 Å². The second-order valence-corrected chi connectivity index (χ2v) is 12.3. The summed E-state index contributed by atoms with van der Waals surface area (Å²) < 4.78 is 13.3. The summed E-state index contributed by atoms with van der Waals surface area (Å²) in [4.78, 5) is 36.4. The maximum absolute atomic E-state index is 13.5. The lowest BCUT2D eigenvalue weighted by Crippen LogP contribution is -2.63. The molecule has 4 saturated carbocycles. The standard InChI is InChI=1S/C27H41N5O5/c1-16(2)14-36-24-21(13-30-32(24)7-6-26(4,5)15-29-17(3)33)23(34)31-22-19-8-18-9-20(22)12-27(10-18,11-19)37-25(28)35/h6-7,13,16,18-20,22H,8-12,14-15H2,1-5H3,(H2,28,35)(H,29,33)(H,31,34)/b7-6+. The summed E-state index contributed by atoms with van der Waals surface area (Å²) in [7, 11) is 0. The summed E-state index contributed by atoms with van der Waals surface area (Å²) >= 11 is 0. The van der Waals surface area contributed by atoms with Gasteiger partial charge in [0, 0.05) is 31.1 Å². The molecule has 3 amide bonds. The number of carbonyl (C=O) groups excluding carboxylic acids is 3. The Morgan fingerprint density at radius 1 is 1.24 bits per heavy atom. The number of aromatic nitrogens is 2. The molecule has 1 aromatic rings. The molecule has 1 aromatic heterocycles. The maximum atomic E-state index is 13.5. The molecule has 5 rings (SSSR count). The second kappa shape index (κ2) is 10.4. The predicted molar refractivity (Wildman–Crippen MR) is 139 cm³/mol. The molecule has 10 nitrogen and oxygen atoms in total. The van der Waals surface area contributed by atoms with Gasteiger partial charge >= 0.3 is 6.09 Å². The maximum Gasteiger partial charge on any atom is 0.405 e. The largest absolute Gasteiger partial charge is 0.477 e. The van der Waals surface area contributed by atoms with Gasteiger partial charge in [-0.2, -0.15) is 5.10 Å². The van der Waals surface area contributed by atoms with Gasteiger partial charge in [-0.15, -0.1) is 0 Å². The van der Waals surface area contributed by atoms with Crippen LogP contribution in [0.1, 0.15) is 77.1 Å². The first kappa shape index (κ1) is 27.0. The number of rotatable bonds is 10. The van der Waals surface area contributed by atoms with E-state index in [1.807, 2.05) is 33.8 Å². The van der Waals surface area contributed by atoms with Gasteiger partial charge in [0.2, 0.25) is 11.8 Å². The fraction of sp³-hybridized carbons (Fsp3) is 0.704. The van der Waals surface area contributed by atoms with Gasteiger partial charge in [0.05, 0.1) is 12.8 Å². The summed E-state index contributed by atoms with van der Waals surface area (Å²) in [6.45, 7) is 10.5. The zero-order valence-corrected chi connectivity index (χ0v) is 22.6.